The Hall–Kier alpha value is -2.08. The number of rotatable bonds is 5. The Kier molecular flexibility index (Phi) is 3.56. The van der Waals surface area contributed by atoms with Crippen molar-refractivity contribution in [1.29, 1.82) is 0 Å². The zero-order valence-electron chi connectivity index (χ0n) is 11.4. The number of benzene rings is 1. The summed E-state index contributed by atoms with van der Waals surface area (Å²) in [7, 11) is 0. The molecule has 1 aromatic heterocycles. The second-order valence-corrected chi connectivity index (χ2v) is 5.09. The van der Waals surface area contributed by atoms with E-state index in [1.165, 1.54) is 5.56 Å². The first-order valence-corrected chi connectivity index (χ1v) is 6.80. The topological polar surface area (TPSA) is 70.2 Å². The molecule has 1 atom stereocenters. The Labute approximate surface area is 117 Å². The summed E-state index contributed by atoms with van der Waals surface area (Å²) < 4.78 is 4.92. The number of nitrogens with zero attached hydrogens (tertiary/aromatic N) is 2. The number of para-hydroxylation sites is 1. The van der Waals surface area contributed by atoms with E-state index in [0.717, 1.165) is 17.4 Å². The van der Waals surface area contributed by atoms with Crippen LogP contribution in [-0.2, 0) is 11.3 Å². The van der Waals surface area contributed by atoms with Gasteiger partial charge in [0.25, 0.3) is 0 Å². The maximum absolute atomic E-state index is 11.4. The predicted molar refractivity (Wildman–Crippen MR) is 75.3 cm³/mol. The zero-order chi connectivity index (χ0) is 13.9. The molecule has 0 spiro atoms. The number of hydrogen-bond acceptors (Lipinski definition) is 4. The third-order valence-electron chi connectivity index (χ3n) is 3.54. The molecule has 1 aliphatic rings. The van der Waals surface area contributed by atoms with E-state index in [1.807, 2.05) is 18.3 Å². The number of amides is 1. The van der Waals surface area contributed by atoms with Crippen molar-refractivity contribution in [3.63, 3.8) is 0 Å². The molecule has 1 fully saturated rings. The first-order valence-electron chi connectivity index (χ1n) is 6.80. The number of fused-ring (bicyclic) bond motifs is 1. The molecule has 6 nitrogen and oxygen atoms in total. The highest BCUT2D eigenvalue weighted by molar-refractivity contribution is 5.81. The lowest BCUT2D eigenvalue weighted by Crippen LogP contribution is -2.39. The van der Waals surface area contributed by atoms with E-state index < -0.39 is 0 Å². The van der Waals surface area contributed by atoms with Gasteiger partial charge in [-0.2, -0.15) is 5.10 Å². The van der Waals surface area contributed by atoms with Crippen LogP contribution in [0, 0.1) is 0 Å². The molecule has 2 heterocycles. The van der Waals surface area contributed by atoms with Crippen LogP contribution in [-0.4, -0.2) is 46.9 Å². The van der Waals surface area contributed by atoms with Gasteiger partial charge in [-0.1, -0.05) is 18.2 Å². The summed E-state index contributed by atoms with van der Waals surface area (Å²) in [6.07, 6.45) is 1.61. The monoisotopic (exact) mass is 274 g/mol. The molecular formula is C14H18N4O2. The van der Waals surface area contributed by atoms with Gasteiger partial charge in [0.1, 0.15) is 6.61 Å². The van der Waals surface area contributed by atoms with E-state index in [2.05, 4.69) is 28.5 Å². The molecule has 20 heavy (non-hydrogen) atoms. The molecule has 1 unspecified atom stereocenters. The Morgan fingerprint density at radius 2 is 2.45 bits per heavy atom. The quantitative estimate of drug-likeness (QED) is 0.866. The third-order valence-corrected chi connectivity index (χ3v) is 3.54. The number of H-pyrrole nitrogens is 1. The van der Waals surface area contributed by atoms with Gasteiger partial charge in [-0.3, -0.25) is 5.10 Å². The lowest BCUT2D eigenvalue weighted by atomic mass is 10.1. The molecule has 2 N–H and O–H groups in total. The zero-order valence-corrected chi connectivity index (χ0v) is 11.4. The van der Waals surface area contributed by atoms with Gasteiger partial charge >= 0.3 is 6.09 Å². The van der Waals surface area contributed by atoms with Crippen molar-refractivity contribution in [2.45, 2.75) is 19.5 Å². The largest absolute Gasteiger partial charge is 0.448 e. The fourth-order valence-electron chi connectivity index (χ4n) is 2.45. The molecule has 3 rings (SSSR count). The van der Waals surface area contributed by atoms with Crippen molar-refractivity contribution >= 4 is 17.0 Å². The van der Waals surface area contributed by atoms with Crippen LogP contribution in [0.15, 0.2) is 24.4 Å². The summed E-state index contributed by atoms with van der Waals surface area (Å²) in [5.41, 5.74) is 2.24. The molecule has 106 valence electrons. The van der Waals surface area contributed by atoms with Crippen molar-refractivity contribution in [3.8, 4) is 0 Å². The van der Waals surface area contributed by atoms with Crippen LogP contribution in [0.5, 0.6) is 0 Å². The molecule has 1 amide bonds. The molecular weight excluding hydrogens is 256 g/mol. The third kappa shape index (κ3) is 2.60. The maximum Gasteiger partial charge on any atom is 0.409 e. The summed E-state index contributed by atoms with van der Waals surface area (Å²) in [5, 5.41) is 11.6. The standard InChI is InChI=1S/C14H18N4O2/c1-10(9-18-5-6-20-14(18)19)15-7-11-3-2-4-12-8-16-17-13(11)12/h2-4,8,10,15H,5-7,9H2,1H3,(H,16,17). The second-order valence-electron chi connectivity index (χ2n) is 5.09. The SMILES string of the molecule is CC(CN1CCOC1=O)NCc1cccc2cn[nH]c12. The highest BCUT2D eigenvalue weighted by Crippen LogP contribution is 2.15. The van der Waals surface area contributed by atoms with Gasteiger partial charge in [-0.25, -0.2) is 4.79 Å². The van der Waals surface area contributed by atoms with Gasteiger partial charge in [0.05, 0.1) is 18.3 Å². The average Bonchev–Trinajstić information content (AvgIpc) is 3.06. The normalized spacial score (nSPS) is 16.6. The van der Waals surface area contributed by atoms with Crippen molar-refractivity contribution in [3.05, 3.63) is 30.0 Å². The molecule has 0 saturated carbocycles. The minimum Gasteiger partial charge on any atom is -0.448 e. The molecule has 1 aliphatic heterocycles. The number of aromatic amines is 1. The van der Waals surface area contributed by atoms with Crippen LogP contribution < -0.4 is 5.32 Å². The number of ether oxygens (including phenoxy) is 1. The maximum atomic E-state index is 11.4. The molecule has 2 aromatic rings. The number of carbonyl (C=O) groups excluding carboxylic acids is 1. The average molecular weight is 274 g/mol. The van der Waals surface area contributed by atoms with Crippen LogP contribution in [0.25, 0.3) is 10.9 Å². The van der Waals surface area contributed by atoms with Crippen LogP contribution in [0.4, 0.5) is 4.79 Å². The fourth-order valence-corrected chi connectivity index (χ4v) is 2.45. The molecule has 6 heteroatoms. The van der Waals surface area contributed by atoms with Crippen molar-refractivity contribution in [1.82, 2.24) is 20.4 Å². The van der Waals surface area contributed by atoms with Crippen LogP contribution >= 0.6 is 0 Å². The van der Waals surface area contributed by atoms with Crippen LogP contribution in [0.1, 0.15) is 12.5 Å². The molecule has 1 saturated heterocycles. The van der Waals surface area contributed by atoms with Crippen molar-refractivity contribution in [2.75, 3.05) is 19.7 Å². The van der Waals surface area contributed by atoms with Gasteiger partial charge in [0, 0.05) is 24.5 Å². The Morgan fingerprint density at radius 3 is 3.25 bits per heavy atom. The molecule has 0 bridgehead atoms. The summed E-state index contributed by atoms with van der Waals surface area (Å²) in [6, 6.07) is 6.34. The number of aromatic nitrogens is 2. The van der Waals surface area contributed by atoms with Crippen LogP contribution in [0.2, 0.25) is 0 Å². The van der Waals surface area contributed by atoms with Gasteiger partial charge in [0.15, 0.2) is 0 Å². The smallest absolute Gasteiger partial charge is 0.409 e. The predicted octanol–water partition coefficient (Wildman–Crippen LogP) is 1.49. The lowest BCUT2D eigenvalue weighted by Gasteiger charge is -2.19. The Balaban J connectivity index is 1.58. The van der Waals surface area contributed by atoms with E-state index >= 15 is 0 Å². The van der Waals surface area contributed by atoms with Gasteiger partial charge in [-0.05, 0) is 12.5 Å². The van der Waals surface area contributed by atoms with E-state index in [1.54, 1.807) is 4.90 Å². The van der Waals surface area contributed by atoms with E-state index in [9.17, 15) is 4.79 Å². The number of hydrogen-bond donors (Lipinski definition) is 2. The van der Waals surface area contributed by atoms with E-state index in [0.29, 0.717) is 19.7 Å². The lowest BCUT2D eigenvalue weighted by molar-refractivity contribution is 0.156. The van der Waals surface area contributed by atoms with E-state index in [-0.39, 0.29) is 12.1 Å². The highest BCUT2D eigenvalue weighted by Gasteiger charge is 2.23. The minimum absolute atomic E-state index is 0.207. The summed E-state index contributed by atoms with van der Waals surface area (Å²) >= 11 is 0. The van der Waals surface area contributed by atoms with Gasteiger partial charge < -0.3 is 15.0 Å². The Bertz CT molecular complexity index is 610. The summed E-state index contributed by atoms with van der Waals surface area (Å²) in [6.45, 7) is 4.65. The number of nitrogens with one attached hydrogen (secondary N) is 2. The van der Waals surface area contributed by atoms with Gasteiger partial charge in [-0.15, -0.1) is 0 Å². The summed E-state index contributed by atoms with van der Waals surface area (Å²) in [5.74, 6) is 0. The fraction of sp³-hybridized carbons (Fsp3) is 0.429. The van der Waals surface area contributed by atoms with Crippen LogP contribution in [0.3, 0.4) is 0 Å². The van der Waals surface area contributed by atoms with Crippen molar-refractivity contribution in [2.24, 2.45) is 0 Å². The van der Waals surface area contributed by atoms with E-state index in [4.69, 9.17) is 4.74 Å². The Morgan fingerprint density at radius 1 is 1.55 bits per heavy atom. The second kappa shape index (κ2) is 5.50. The van der Waals surface area contributed by atoms with Crippen molar-refractivity contribution < 1.29 is 9.53 Å². The summed E-state index contributed by atoms with van der Waals surface area (Å²) in [4.78, 5) is 13.1. The first kappa shape index (κ1) is 12.9. The molecule has 0 radical (unpaired) electrons. The van der Waals surface area contributed by atoms with Gasteiger partial charge in [0.2, 0.25) is 0 Å². The highest BCUT2D eigenvalue weighted by atomic mass is 16.6. The minimum atomic E-state index is -0.214. The number of cyclic esters (lactones) is 1. The first-order chi connectivity index (χ1) is 9.74. The molecule has 0 aliphatic carbocycles. The number of carbonyl (C=O) groups is 1. The molecule has 1 aromatic carbocycles.